The molecule has 0 aromatic heterocycles. The van der Waals surface area contributed by atoms with Crippen molar-refractivity contribution in [1.82, 2.24) is 5.32 Å². The first-order valence-corrected chi connectivity index (χ1v) is 9.05. The molecule has 0 aliphatic heterocycles. The highest BCUT2D eigenvalue weighted by molar-refractivity contribution is 6.20. The van der Waals surface area contributed by atoms with Crippen molar-refractivity contribution in [3.05, 3.63) is 0 Å². The van der Waals surface area contributed by atoms with Gasteiger partial charge in [0.05, 0.1) is 0 Å². The maximum Gasteiger partial charge on any atom is 0.219 e. The topological polar surface area (TPSA) is 29.1 Å². The van der Waals surface area contributed by atoms with Crippen molar-refractivity contribution in [2.75, 3.05) is 6.54 Å². The molecule has 0 aromatic rings. The Morgan fingerprint density at radius 1 is 0.950 bits per heavy atom. The van der Waals surface area contributed by atoms with Crippen molar-refractivity contribution in [3.8, 4) is 0 Å². The smallest absolute Gasteiger partial charge is 0.219 e. The van der Waals surface area contributed by atoms with Gasteiger partial charge in [-0.05, 0) is 19.3 Å². The minimum Gasteiger partial charge on any atom is -0.356 e. The van der Waals surface area contributed by atoms with E-state index in [-0.39, 0.29) is 11.3 Å². The molecule has 3 heteroatoms. The average Bonchev–Trinajstić information content (AvgIpc) is 2.45. The van der Waals surface area contributed by atoms with Gasteiger partial charge in [-0.15, -0.1) is 11.6 Å². The third kappa shape index (κ3) is 14.2. The largest absolute Gasteiger partial charge is 0.356 e. The Hall–Kier alpha value is -0.240. The van der Waals surface area contributed by atoms with E-state index in [4.69, 9.17) is 11.6 Å². The highest BCUT2D eigenvalue weighted by Gasteiger charge is 2.03. The molecule has 0 rings (SSSR count). The zero-order valence-corrected chi connectivity index (χ0v) is 14.3. The van der Waals surface area contributed by atoms with Crippen LogP contribution in [0.5, 0.6) is 0 Å². The van der Waals surface area contributed by atoms with Gasteiger partial charge in [0.25, 0.3) is 0 Å². The molecule has 0 heterocycles. The second-order valence-electron chi connectivity index (χ2n) is 5.72. The summed E-state index contributed by atoms with van der Waals surface area (Å²) < 4.78 is 0. The van der Waals surface area contributed by atoms with Crippen LogP contribution < -0.4 is 5.32 Å². The van der Waals surface area contributed by atoms with Gasteiger partial charge in [-0.2, -0.15) is 0 Å². The summed E-state index contributed by atoms with van der Waals surface area (Å²) in [5.74, 6) is 0.188. The third-order valence-corrected chi connectivity index (χ3v) is 4.26. The van der Waals surface area contributed by atoms with Crippen LogP contribution in [0.4, 0.5) is 0 Å². The van der Waals surface area contributed by atoms with Gasteiger partial charge in [0.2, 0.25) is 5.91 Å². The maximum atomic E-state index is 11.6. The van der Waals surface area contributed by atoms with E-state index in [1.807, 2.05) is 0 Å². The van der Waals surface area contributed by atoms with Crippen molar-refractivity contribution >= 4 is 17.5 Å². The zero-order chi connectivity index (χ0) is 15.1. The summed E-state index contributed by atoms with van der Waals surface area (Å²) in [4.78, 5) is 11.6. The number of alkyl halides is 1. The number of hydrogen-bond donors (Lipinski definition) is 1. The minimum atomic E-state index is 0.188. The fourth-order valence-corrected chi connectivity index (χ4v) is 2.37. The second-order valence-corrected chi connectivity index (χ2v) is 6.34. The van der Waals surface area contributed by atoms with E-state index in [0.717, 1.165) is 25.8 Å². The normalized spacial score (nSPS) is 12.3. The van der Waals surface area contributed by atoms with E-state index < -0.39 is 0 Å². The van der Waals surface area contributed by atoms with Crippen molar-refractivity contribution in [3.63, 3.8) is 0 Å². The van der Waals surface area contributed by atoms with E-state index in [2.05, 4.69) is 19.2 Å². The molecule has 1 N–H and O–H groups in total. The Morgan fingerprint density at radius 3 is 2.05 bits per heavy atom. The van der Waals surface area contributed by atoms with Crippen LogP contribution in [0.1, 0.15) is 90.9 Å². The third-order valence-electron chi connectivity index (χ3n) is 3.73. The fourth-order valence-electron chi connectivity index (χ4n) is 2.26. The first-order chi connectivity index (χ1) is 9.70. The van der Waals surface area contributed by atoms with Crippen LogP contribution in [-0.2, 0) is 4.79 Å². The molecule has 1 atom stereocenters. The summed E-state index contributed by atoms with van der Waals surface area (Å²) in [6.45, 7) is 5.04. The van der Waals surface area contributed by atoms with Gasteiger partial charge in [0.1, 0.15) is 0 Å². The highest BCUT2D eigenvalue weighted by Crippen LogP contribution is 2.10. The summed E-state index contributed by atoms with van der Waals surface area (Å²) in [5, 5.41) is 3.15. The molecule has 120 valence electrons. The quantitative estimate of drug-likeness (QED) is 0.336. The molecule has 2 nitrogen and oxygen atoms in total. The van der Waals surface area contributed by atoms with Crippen molar-refractivity contribution in [2.45, 2.75) is 96.3 Å². The van der Waals surface area contributed by atoms with Gasteiger partial charge in [-0.25, -0.2) is 0 Å². The second kappa shape index (κ2) is 15.2. The fraction of sp³-hybridized carbons (Fsp3) is 0.941. The number of unbranched alkanes of at least 4 members (excludes halogenated alkanes) is 8. The molecule has 0 aliphatic carbocycles. The zero-order valence-electron chi connectivity index (χ0n) is 13.6. The van der Waals surface area contributed by atoms with Crippen molar-refractivity contribution in [2.24, 2.45) is 0 Å². The Morgan fingerprint density at radius 2 is 1.50 bits per heavy atom. The first-order valence-electron chi connectivity index (χ1n) is 8.61. The Bertz CT molecular complexity index is 221. The van der Waals surface area contributed by atoms with Crippen molar-refractivity contribution < 1.29 is 4.79 Å². The highest BCUT2D eigenvalue weighted by atomic mass is 35.5. The van der Waals surface area contributed by atoms with Gasteiger partial charge in [0, 0.05) is 18.3 Å². The lowest BCUT2D eigenvalue weighted by atomic mass is 10.1. The molecule has 0 aliphatic rings. The molecule has 0 saturated heterocycles. The summed E-state index contributed by atoms with van der Waals surface area (Å²) in [6.07, 6.45) is 14.2. The molecule has 0 radical (unpaired) electrons. The lowest BCUT2D eigenvalue weighted by Gasteiger charge is -2.08. The molecule has 20 heavy (non-hydrogen) atoms. The van der Waals surface area contributed by atoms with Crippen LogP contribution in [0.2, 0.25) is 0 Å². The van der Waals surface area contributed by atoms with Gasteiger partial charge < -0.3 is 5.32 Å². The number of carbonyl (C=O) groups excluding carboxylic acids is 1. The number of nitrogens with one attached hydrogen (secondary N) is 1. The predicted octanol–water partition coefficient (Wildman–Crippen LogP) is 5.43. The molecule has 0 fully saturated rings. The van der Waals surface area contributed by atoms with Crippen LogP contribution >= 0.6 is 11.6 Å². The molecule has 0 bridgehead atoms. The summed E-state index contributed by atoms with van der Waals surface area (Å²) in [7, 11) is 0. The molecule has 0 aromatic carbocycles. The first kappa shape index (κ1) is 19.8. The molecular weight excluding hydrogens is 270 g/mol. The number of carbonyl (C=O) groups is 1. The van der Waals surface area contributed by atoms with E-state index in [1.54, 1.807) is 0 Å². The van der Waals surface area contributed by atoms with Gasteiger partial charge in [-0.1, -0.05) is 65.2 Å². The standard InChI is InChI=1S/C17H34ClNO/c1-3-5-6-7-8-9-10-11-12-13-17(20)19-15-14-16(18)4-2/h16H,3-15H2,1-2H3,(H,19,20). The van der Waals surface area contributed by atoms with Crippen LogP contribution in [0, 0.1) is 0 Å². The molecule has 1 unspecified atom stereocenters. The van der Waals surface area contributed by atoms with Crippen LogP contribution in [0.15, 0.2) is 0 Å². The maximum absolute atomic E-state index is 11.6. The van der Waals surface area contributed by atoms with E-state index in [0.29, 0.717) is 6.42 Å². The van der Waals surface area contributed by atoms with Crippen LogP contribution in [-0.4, -0.2) is 17.8 Å². The van der Waals surface area contributed by atoms with Crippen LogP contribution in [0.25, 0.3) is 0 Å². The lowest BCUT2D eigenvalue weighted by Crippen LogP contribution is -2.25. The summed E-state index contributed by atoms with van der Waals surface area (Å²) in [5.41, 5.74) is 0. The van der Waals surface area contributed by atoms with E-state index in [1.165, 1.54) is 51.4 Å². The molecule has 1 amide bonds. The molecular formula is C17H34ClNO. The Labute approximate surface area is 131 Å². The van der Waals surface area contributed by atoms with E-state index in [9.17, 15) is 4.79 Å². The number of halogens is 1. The van der Waals surface area contributed by atoms with Gasteiger partial charge >= 0.3 is 0 Å². The SMILES string of the molecule is CCCCCCCCCCCC(=O)NCCC(Cl)CC. The predicted molar refractivity (Wildman–Crippen MR) is 89.4 cm³/mol. The molecule has 0 spiro atoms. The number of hydrogen-bond acceptors (Lipinski definition) is 1. The molecule has 0 saturated carbocycles. The van der Waals surface area contributed by atoms with E-state index >= 15 is 0 Å². The van der Waals surface area contributed by atoms with Gasteiger partial charge in [0.15, 0.2) is 0 Å². The Kier molecular flexibility index (Phi) is 15.0. The van der Waals surface area contributed by atoms with Crippen LogP contribution in [0.3, 0.4) is 0 Å². The average molecular weight is 304 g/mol. The Balaban J connectivity index is 3.19. The van der Waals surface area contributed by atoms with Gasteiger partial charge in [-0.3, -0.25) is 4.79 Å². The summed E-state index contributed by atoms with van der Waals surface area (Å²) >= 11 is 6.00. The number of amides is 1. The van der Waals surface area contributed by atoms with Crippen molar-refractivity contribution in [1.29, 1.82) is 0 Å². The number of rotatable bonds is 14. The monoisotopic (exact) mass is 303 g/mol. The summed E-state index contributed by atoms with van der Waals surface area (Å²) in [6, 6.07) is 0. The minimum absolute atomic E-state index is 0.188. The lowest BCUT2D eigenvalue weighted by molar-refractivity contribution is -0.121.